The highest BCUT2D eigenvalue weighted by atomic mass is 16.5. The summed E-state index contributed by atoms with van der Waals surface area (Å²) in [7, 11) is 0. The molecule has 0 amide bonds. The number of aryl methyl sites for hydroxylation is 2. The van der Waals surface area contributed by atoms with Gasteiger partial charge < -0.3 is 14.1 Å². The van der Waals surface area contributed by atoms with Crippen LogP contribution in [0.1, 0.15) is 54.6 Å². The van der Waals surface area contributed by atoms with Crippen LogP contribution in [0, 0.1) is 13.8 Å². The van der Waals surface area contributed by atoms with Crippen LogP contribution in [0.5, 0.6) is 0 Å². The van der Waals surface area contributed by atoms with Crippen LogP contribution in [0.15, 0.2) is 45.8 Å². The number of aromatic nitrogens is 5. The minimum absolute atomic E-state index is 0.0869. The first-order chi connectivity index (χ1) is 16.9. The number of aromatic amines is 1. The fourth-order valence-corrected chi connectivity index (χ4v) is 4.28. The molecule has 3 heterocycles. The molecular weight excluding hydrogens is 448 g/mol. The van der Waals surface area contributed by atoms with E-state index >= 15 is 0 Å². The van der Waals surface area contributed by atoms with Crippen molar-refractivity contribution in [3.8, 4) is 0 Å². The number of rotatable bonds is 10. The van der Waals surface area contributed by atoms with Crippen molar-refractivity contribution in [2.45, 2.75) is 59.8 Å². The first-order valence-corrected chi connectivity index (χ1v) is 11.7. The number of fused-ring (bicyclic) bond motifs is 1. The number of pyridine rings is 1. The lowest BCUT2D eigenvalue weighted by Crippen LogP contribution is -2.33. The molecular formula is C25H30N6O4. The van der Waals surface area contributed by atoms with Gasteiger partial charge in [-0.2, -0.15) is 0 Å². The number of H-pyrrole nitrogens is 1. The summed E-state index contributed by atoms with van der Waals surface area (Å²) in [4.78, 5) is 30.4. The zero-order valence-corrected chi connectivity index (χ0v) is 20.4. The van der Waals surface area contributed by atoms with Crippen LogP contribution in [-0.2, 0) is 29.2 Å². The second-order valence-corrected chi connectivity index (χ2v) is 8.50. The molecule has 0 fully saturated rings. The lowest BCUT2D eigenvalue weighted by Gasteiger charge is -2.29. The van der Waals surface area contributed by atoms with Gasteiger partial charge in [-0.1, -0.05) is 19.1 Å². The minimum Gasteiger partial charge on any atom is -0.468 e. The first kappa shape index (κ1) is 24.3. The Morgan fingerprint density at radius 1 is 1.23 bits per heavy atom. The Bertz CT molecular complexity index is 1360. The van der Waals surface area contributed by atoms with Crippen LogP contribution in [-0.4, -0.2) is 42.7 Å². The van der Waals surface area contributed by atoms with E-state index in [1.807, 2.05) is 45.0 Å². The predicted octanol–water partition coefficient (Wildman–Crippen LogP) is 3.44. The van der Waals surface area contributed by atoms with Gasteiger partial charge in [0, 0.05) is 12.1 Å². The van der Waals surface area contributed by atoms with Crippen LogP contribution >= 0.6 is 0 Å². The maximum absolute atomic E-state index is 13.1. The second-order valence-electron chi connectivity index (χ2n) is 8.50. The summed E-state index contributed by atoms with van der Waals surface area (Å²) in [6, 6.07) is 9.44. The van der Waals surface area contributed by atoms with Crippen molar-refractivity contribution in [1.82, 2.24) is 30.1 Å². The maximum Gasteiger partial charge on any atom is 0.327 e. The third-order valence-corrected chi connectivity index (χ3v) is 6.21. The molecule has 0 bridgehead atoms. The topological polar surface area (TPSA) is 119 Å². The highest BCUT2D eigenvalue weighted by Crippen LogP contribution is 2.27. The van der Waals surface area contributed by atoms with Crippen LogP contribution < -0.4 is 5.56 Å². The molecule has 10 heteroatoms. The molecule has 35 heavy (non-hydrogen) atoms. The van der Waals surface area contributed by atoms with Gasteiger partial charge in [-0.25, -0.2) is 4.68 Å². The molecule has 4 aromatic rings. The number of ether oxygens (including phenoxy) is 1. The molecule has 0 saturated heterocycles. The van der Waals surface area contributed by atoms with Crippen molar-refractivity contribution < 1.29 is 13.9 Å². The van der Waals surface area contributed by atoms with Gasteiger partial charge in [-0.3, -0.25) is 14.5 Å². The number of furan rings is 1. The van der Waals surface area contributed by atoms with E-state index in [9.17, 15) is 9.59 Å². The number of carbonyl (C=O) groups excluding carboxylic acids is 1. The monoisotopic (exact) mass is 478 g/mol. The number of benzene rings is 1. The number of nitrogens with one attached hydrogen (secondary N) is 1. The Kier molecular flexibility index (Phi) is 7.40. The van der Waals surface area contributed by atoms with Crippen molar-refractivity contribution in [3.63, 3.8) is 0 Å². The Balaban J connectivity index is 1.71. The van der Waals surface area contributed by atoms with E-state index in [2.05, 4.69) is 31.5 Å². The molecule has 0 spiro atoms. The largest absolute Gasteiger partial charge is 0.468 e. The number of hydrogen-bond donors (Lipinski definition) is 1. The van der Waals surface area contributed by atoms with Crippen LogP contribution in [0.4, 0.5) is 0 Å². The summed E-state index contributed by atoms with van der Waals surface area (Å²) in [5.41, 5.74) is 3.51. The van der Waals surface area contributed by atoms with E-state index in [1.165, 1.54) is 4.68 Å². The average Bonchev–Trinajstić information content (AvgIpc) is 3.51. The zero-order chi connectivity index (χ0) is 24.9. The Hall–Kier alpha value is -3.79. The lowest BCUT2D eigenvalue weighted by molar-refractivity contribution is -0.144. The molecule has 0 saturated carbocycles. The summed E-state index contributed by atoms with van der Waals surface area (Å²) in [6.07, 6.45) is 2.26. The molecule has 0 unspecified atom stereocenters. The molecule has 4 rings (SSSR count). The summed E-state index contributed by atoms with van der Waals surface area (Å²) in [6.45, 7) is 8.76. The van der Waals surface area contributed by atoms with Gasteiger partial charge in [0.25, 0.3) is 5.56 Å². The SMILES string of the molecule is CCOC(=O)Cn1nnnc1[C@H](CC)N(Cc1ccco1)Cc1cc2ccc(C)c(C)c2[nH]c1=O. The molecule has 0 radical (unpaired) electrons. The zero-order valence-electron chi connectivity index (χ0n) is 20.4. The van der Waals surface area contributed by atoms with Gasteiger partial charge in [-0.05, 0) is 72.3 Å². The normalized spacial score (nSPS) is 12.4. The van der Waals surface area contributed by atoms with E-state index in [4.69, 9.17) is 9.15 Å². The highest BCUT2D eigenvalue weighted by Gasteiger charge is 2.27. The fourth-order valence-electron chi connectivity index (χ4n) is 4.28. The molecule has 3 aromatic heterocycles. The van der Waals surface area contributed by atoms with Gasteiger partial charge in [-0.15, -0.1) is 5.10 Å². The molecule has 10 nitrogen and oxygen atoms in total. The fraction of sp³-hybridized carbons (Fsp3) is 0.400. The molecule has 1 atom stereocenters. The van der Waals surface area contributed by atoms with E-state index in [1.54, 1.807) is 13.2 Å². The van der Waals surface area contributed by atoms with Gasteiger partial charge in [0.05, 0.1) is 31.0 Å². The van der Waals surface area contributed by atoms with E-state index in [0.717, 1.165) is 27.8 Å². The molecule has 1 N–H and O–H groups in total. The van der Waals surface area contributed by atoms with Crippen LogP contribution in [0.25, 0.3) is 10.9 Å². The third-order valence-electron chi connectivity index (χ3n) is 6.21. The molecule has 0 aliphatic carbocycles. The van der Waals surface area contributed by atoms with E-state index in [-0.39, 0.29) is 24.8 Å². The van der Waals surface area contributed by atoms with Gasteiger partial charge in [0.15, 0.2) is 5.82 Å². The first-order valence-electron chi connectivity index (χ1n) is 11.7. The Labute approximate surface area is 202 Å². The lowest BCUT2D eigenvalue weighted by atomic mass is 10.0. The number of esters is 1. The predicted molar refractivity (Wildman–Crippen MR) is 129 cm³/mol. The van der Waals surface area contributed by atoms with Gasteiger partial charge in [0.2, 0.25) is 0 Å². The number of carbonyl (C=O) groups is 1. The van der Waals surface area contributed by atoms with Gasteiger partial charge in [0.1, 0.15) is 12.3 Å². The maximum atomic E-state index is 13.1. The summed E-state index contributed by atoms with van der Waals surface area (Å²) >= 11 is 0. The van der Waals surface area contributed by atoms with Crippen molar-refractivity contribution >= 4 is 16.9 Å². The Morgan fingerprint density at radius 2 is 2.06 bits per heavy atom. The van der Waals surface area contributed by atoms with E-state index in [0.29, 0.717) is 30.9 Å². The standard InChI is InChI=1S/C25H30N6O4/c1-5-21(24-27-28-29-31(24)15-22(32)34-6-2)30(14-20-8-7-11-35-20)13-19-12-18-10-9-16(3)17(4)23(18)26-25(19)33/h7-12,21H,5-6,13-15H2,1-4H3,(H,26,33)/t21-/m0/s1. The van der Waals surface area contributed by atoms with Crippen molar-refractivity contribution in [2.75, 3.05) is 6.61 Å². The van der Waals surface area contributed by atoms with Crippen molar-refractivity contribution in [3.05, 3.63) is 75.2 Å². The van der Waals surface area contributed by atoms with Crippen molar-refractivity contribution in [2.24, 2.45) is 0 Å². The summed E-state index contributed by atoms with van der Waals surface area (Å²) in [5, 5.41) is 13.0. The van der Waals surface area contributed by atoms with Crippen molar-refractivity contribution in [1.29, 1.82) is 0 Å². The van der Waals surface area contributed by atoms with Gasteiger partial charge >= 0.3 is 5.97 Å². The molecule has 0 aliphatic rings. The number of nitrogens with zero attached hydrogens (tertiary/aromatic N) is 5. The average molecular weight is 479 g/mol. The quantitative estimate of drug-likeness (QED) is 0.344. The smallest absolute Gasteiger partial charge is 0.327 e. The van der Waals surface area contributed by atoms with Crippen LogP contribution in [0.2, 0.25) is 0 Å². The summed E-state index contributed by atoms with van der Waals surface area (Å²) < 4.78 is 12.1. The number of hydrogen-bond acceptors (Lipinski definition) is 8. The van der Waals surface area contributed by atoms with E-state index < -0.39 is 5.97 Å². The Morgan fingerprint density at radius 3 is 2.77 bits per heavy atom. The highest BCUT2D eigenvalue weighted by molar-refractivity contribution is 5.83. The molecule has 0 aliphatic heterocycles. The number of tetrazole rings is 1. The third kappa shape index (κ3) is 5.32. The van der Waals surface area contributed by atoms with Crippen LogP contribution in [0.3, 0.4) is 0 Å². The molecule has 184 valence electrons. The summed E-state index contributed by atoms with van der Waals surface area (Å²) in [5.74, 6) is 0.859. The second kappa shape index (κ2) is 10.6. The minimum atomic E-state index is -0.412. The molecule has 1 aromatic carbocycles.